The molecule has 0 aliphatic carbocycles. The van der Waals surface area contributed by atoms with Gasteiger partial charge in [0.05, 0.1) is 0 Å². The lowest BCUT2D eigenvalue weighted by Gasteiger charge is -2.39. The largest absolute Gasteiger partial charge is 0.368 e. The van der Waals surface area contributed by atoms with Crippen molar-refractivity contribution in [2.24, 2.45) is 11.8 Å². The van der Waals surface area contributed by atoms with Crippen molar-refractivity contribution in [3.8, 4) is 0 Å². The second-order valence-electron chi connectivity index (χ2n) is 9.62. The lowest BCUT2D eigenvalue weighted by atomic mass is 9.84. The molecule has 2 aromatic carbocycles. The molecule has 0 unspecified atom stereocenters. The average molecular weight is 497 g/mol. The zero-order chi connectivity index (χ0) is 24.5. The fourth-order valence-electron chi connectivity index (χ4n) is 5.32. The number of aromatic nitrogens is 1. The molecule has 0 spiro atoms. The molecule has 3 heterocycles. The smallest absolute Gasteiger partial charge is 0.270 e. The monoisotopic (exact) mass is 496 g/mol. The van der Waals surface area contributed by atoms with Crippen LogP contribution in [0.2, 0.25) is 5.02 Å². The molecular weight excluding hydrogens is 467 g/mol. The standard InChI is InChI=1S/C27H30ClFN4O2/c1-18(26(34)33-14-12-31(13-15-33)23-5-3-22(29)4-6-23)19-8-10-32(11-9-19)27(35)25-17-20-16-21(28)2-7-24(20)30-25/h2-7,16-19,30H,8-15H2,1H3/t18-/m0/s1. The number of benzene rings is 2. The Bertz CT molecular complexity index is 1210. The van der Waals surface area contributed by atoms with Crippen LogP contribution in [0.5, 0.6) is 0 Å². The van der Waals surface area contributed by atoms with Gasteiger partial charge in [0, 0.05) is 66.8 Å². The van der Waals surface area contributed by atoms with E-state index in [1.807, 2.05) is 34.9 Å². The van der Waals surface area contributed by atoms with Gasteiger partial charge in [-0.05, 0) is 67.3 Å². The predicted octanol–water partition coefficient (Wildman–Crippen LogP) is 4.80. The summed E-state index contributed by atoms with van der Waals surface area (Å²) in [4.78, 5) is 35.5. The van der Waals surface area contributed by atoms with E-state index in [9.17, 15) is 14.0 Å². The van der Waals surface area contributed by atoms with Gasteiger partial charge in [0.1, 0.15) is 11.5 Å². The van der Waals surface area contributed by atoms with Gasteiger partial charge in [-0.15, -0.1) is 0 Å². The number of amides is 2. The van der Waals surface area contributed by atoms with E-state index in [0.29, 0.717) is 36.9 Å². The van der Waals surface area contributed by atoms with Gasteiger partial charge in [0.2, 0.25) is 5.91 Å². The molecule has 1 atom stereocenters. The molecule has 184 valence electrons. The van der Waals surface area contributed by atoms with Gasteiger partial charge in [0.25, 0.3) is 5.91 Å². The minimum Gasteiger partial charge on any atom is -0.368 e. The summed E-state index contributed by atoms with van der Waals surface area (Å²) in [6, 6.07) is 13.9. The highest BCUT2D eigenvalue weighted by Crippen LogP contribution is 2.29. The quantitative estimate of drug-likeness (QED) is 0.564. The van der Waals surface area contributed by atoms with Crippen LogP contribution in [-0.4, -0.2) is 65.9 Å². The number of rotatable bonds is 4. The van der Waals surface area contributed by atoms with Gasteiger partial charge in [-0.2, -0.15) is 0 Å². The van der Waals surface area contributed by atoms with E-state index < -0.39 is 0 Å². The van der Waals surface area contributed by atoms with Crippen molar-refractivity contribution in [3.63, 3.8) is 0 Å². The minimum absolute atomic E-state index is 0.00772. The van der Waals surface area contributed by atoms with Gasteiger partial charge >= 0.3 is 0 Å². The minimum atomic E-state index is -0.240. The number of carbonyl (C=O) groups is 2. The molecule has 0 radical (unpaired) electrons. The van der Waals surface area contributed by atoms with E-state index in [0.717, 1.165) is 42.5 Å². The Morgan fingerprint density at radius 2 is 1.63 bits per heavy atom. The summed E-state index contributed by atoms with van der Waals surface area (Å²) in [6.45, 7) is 6.15. The second-order valence-corrected chi connectivity index (χ2v) is 10.1. The van der Waals surface area contributed by atoms with E-state index in [1.165, 1.54) is 12.1 Å². The Morgan fingerprint density at radius 3 is 2.31 bits per heavy atom. The number of carbonyl (C=O) groups excluding carboxylic acids is 2. The first-order valence-corrected chi connectivity index (χ1v) is 12.6. The van der Waals surface area contributed by atoms with Gasteiger partial charge in [0.15, 0.2) is 0 Å². The van der Waals surface area contributed by atoms with Gasteiger partial charge < -0.3 is 19.7 Å². The Balaban J connectivity index is 1.13. The summed E-state index contributed by atoms with van der Waals surface area (Å²) in [5.74, 6) is 0.145. The molecule has 3 aromatic rings. The first-order chi connectivity index (χ1) is 16.9. The summed E-state index contributed by atoms with van der Waals surface area (Å²) >= 11 is 6.07. The molecule has 2 aliphatic rings. The second kappa shape index (κ2) is 9.90. The van der Waals surface area contributed by atoms with Crippen molar-refractivity contribution >= 4 is 40.0 Å². The summed E-state index contributed by atoms with van der Waals surface area (Å²) in [5.41, 5.74) is 2.46. The Hall–Kier alpha value is -3.06. The third-order valence-corrected chi connectivity index (χ3v) is 7.75. The number of H-pyrrole nitrogens is 1. The number of hydrogen-bond acceptors (Lipinski definition) is 3. The molecule has 2 saturated heterocycles. The van der Waals surface area contributed by atoms with E-state index in [-0.39, 0.29) is 29.5 Å². The van der Waals surface area contributed by atoms with Crippen molar-refractivity contribution in [2.75, 3.05) is 44.2 Å². The third kappa shape index (κ3) is 5.01. The molecule has 35 heavy (non-hydrogen) atoms. The number of piperazine rings is 1. The molecule has 0 bridgehead atoms. The van der Waals surface area contributed by atoms with Crippen molar-refractivity contribution in [1.82, 2.24) is 14.8 Å². The summed E-state index contributed by atoms with van der Waals surface area (Å²) in [7, 11) is 0. The number of hydrogen-bond donors (Lipinski definition) is 1. The molecule has 6 nitrogen and oxygen atoms in total. The van der Waals surface area contributed by atoms with Gasteiger partial charge in [-0.1, -0.05) is 18.5 Å². The summed E-state index contributed by atoms with van der Waals surface area (Å²) in [5, 5.41) is 1.57. The maximum Gasteiger partial charge on any atom is 0.270 e. The van der Waals surface area contributed by atoms with E-state index in [2.05, 4.69) is 9.88 Å². The molecule has 0 saturated carbocycles. The van der Waals surface area contributed by atoms with Crippen LogP contribution in [-0.2, 0) is 4.79 Å². The molecule has 2 aliphatic heterocycles. The maximum atomic E-state index is 13.2. The van der Waals surface area contributed by atoms with Gasteiger partial charge in [-0.3, -0.25) is 9.59 Å². The van der Waals surface area contributed by atoms with Crippen LogP contribution >= 0.6 is 11.6 Å². The Kier molecular flexibility index (Phi) is 6.69. The number of nitrogens with one attached hydrogen (secondary N) is 1. The topological polar surface area (TPSA) is 59.7 Å². The zero-order valence-electron chi connectivity index (χ0n) is 19.8. The SMILES string of the molecule is C[C@H](C(=O)N1CCN(c2ccc(F)cc2)CC1)C1CCN(C(=O)c2cc3cc(Cl)ccc3[nH]2)CC1. The predicted molar refractivity (Wildman–Crippen MR) is 136 cm³/mol. The Labute approximate surface area is 209 Å². The summed E-state index contributed by atoms with van der Waals surface area (Å²) < 4.78 is 13.2. The highest BCUT2D eigenvalue weighted by Gasteiger charge is 2.33. The van der Waals surface area contributed by atoms with Crippen molar-refractivity contribution < 1.29 is 14.0 Å². The van der Waals surface area contributed by atoms with Crippen LogP contribution in [0.15, 0.2) is 48.5 Å². The van der Waals surface area contributed by atoms with E-state index in [1.54, 1.807) is 18.2 Å². The fraction of sp³-hybridized carbons (Fsp3) is 0.407. The highest BCUT2D eigenvalue weighted by atomic mass is 35.5. The number of aromatic amines is 1. The average Bonchev–Trinajstić information content (AvgIpc) is 3.31. The van der Waals surface area contributed by atoms with Crippen molar-refractivity contribution in [2.45, 2.75) is 19.8 Å². The molecule has 1 N–H and O–H groups in total. The first-order valence-electron chi connectivity index (χ1n) is 12.3. The zero-order valence-corrected chi connectivity index (χ0v) is 20.6. The number of piperidine rings is 1. The Morgan fingerprint density at radius 1 is 0.943 bits per heavy atom. The number of anilines is 1. The highest BCUT2D eigenvalue weighted by molar-refractivity contribution is 6.31. The van der Waals surface area contributed by atoms with Crippen LogP contribution in [0.4, 0.5) is 10.1 Å². The third-order valence-electron chi connectivity index (χ3n) is 7.52. The van der Waals surface area contributed by atoms with E-state index in [4.69, 9.17) is 11.6 Å². The molecule has 2 amide bonds. The number of nitrogens with zero attached hydrogens (tertiary/aromatic N) is 3. The number of fused-ring (bicyclic) bond motifs is 1. The van der Waals surface area contributed by atoms with Crippen molar-refractivity contribution in [1.29, 1.82) is 0 Å². The van der Waals surface area contributed by atoms with Crippen LogP contribution in [0.3, 0.4) is 0 Å². The normalized spacial score (nSPS) is 18.2. The number of likely N-dealkylation sites (tertiary alicyclic amines) is 1. The molecular formula is C27H30ClFN4O2. The van der Waals surface area contributed by atoms with Crippen molar-refractivity contribution in [3.05, 3.63) is 65.1 Å². The van der Waals surface area contributed by atoms with Crippen LogP contribution in [0, 0.1) is 17.7 Å². The molecule has 8 heteroatoms. The molecule has 2 fully saturated rings. The van der Waals surface area contributed by atoms with E-state index >= 15 is 0 Å². The maximum absolute atomic E-state index is 13.2. The van der Waals surface area contributed by atoms with Crippen LogP contribution < -0.4 is 4.90 Å². The van der Waals surface area contributed by atoms with Gasteiger partial charge in [-0.25, -0.2) is 4.39 Å². The molecule has 5 rings (SSSR count). The van der Waals surface area contributed by atoms with Crippen LogP contribution in [0.25, 0.3) is 10.9 Å². The number of halogens is 2. The first kappa shape index (κ1) is 23.7. The van der Waals surface area contributed by atoms with Crippen LogP contribution in [0.1, 0.15) is 30.3 Å². The lowest BCUT2D eigenvalue weighted by molar-refractivity contribution is -0.137. The lowest BCUT2D eigenvalue weighted by Crippen LogP contribution is -2.51. The molecule has 1 aromatic heterocycles. The fourth-order valence-corrected chi connectivity index (χ4v) is 5.50. The summed E-state index contributed by atoms with van der Waals surface area (Å²) in [6.07, 6.45) is 1.64.